The molecule has 1 aliphatic rings. The van der Waals surface area contributed by atoms with E-state index in [1.165, 1.54) is 5.56 Å². The number of benzene rings is 1. The molecule has 0 bridgehead atoms. The van der Waals surface area contributed by atoms with Crippen LogP contribution in [0, 0.1) is 0 Å². The zero-order valence-corrected chi connectivity index (χ0v) is 14.4. The van der Waals surface area contributed by atoms with Gasteiger partial charge in [-0.1, -0.05) is 37.3 Å². The van der Waals surface area contributed by atoms with Crippen molar-refractivity contribution in [1.82, 2.24) is 5.32 Å². The third kappa shape index (κ3) is 4.44. The number of allylic oxidation sites excluding steroid dienone is 1. The fraction of sp³-hybridized carbons (Fsp3) is 0.526. The fourth-order valence-electron chi connectivity index (χ4n) is 2.88. The van der Waals surface area contributed by atoms with Crippen LogP contribution in [0.3, 0.4) is 0 Å². The molecule has 3 heteroatoms. The highest BCUT2D eigenvalue weighted by atomic mass is 16.5. The molecule has 0 saturated carbocycles. The molecule has 0 saturated heterocycles. The summed E-state index contributed by atoms with van der Waals surface area (Å²) >= 11 is 0. The first-order chi connectivity index (χ1) is 10.4. The van der Waals surface area contributed by atoms with Crippen molar-refractivity contribution in [2.75, 3.05) is 7.11 Å². The number of aliphatic imine (C=N–C) groups is 1. The van der Waals surface area contributed by atoms with Crippen LogP contribution >= 0.6 is 0 Å². The monoisotopic (exact) mass is 300 g/mol. The fourth-order valence-corrected chi connectivity index (χ4v) is 2.88. The molecule has 1 heterocycles. The van der Waals surface area contributed by atoms with Gasteiger partial charge in [-0.3, -0.25) is 0 Å². The summed E-state index contributed by atoms with van der Waals surface area (Å²) < 4.78 is 5.51. The molecule has 1 aliphatic heterocycles. The lowest BCUT2D eigenvalue weighted by Gasteiger charge is -2.32. The molecule has 0 spiro atoms. The number of nitrogens with one attached hydrogen (secondary N) is 1. The third-order valence-electron chi connectivity index (χ3n) is 3.89. The maximum atomic E-state index is 5.51. The van der Waals surface area contributed by atoms with Crippen LogP contribution in [0.4, 0.5) is 0 Å². The molecule has 3 nitrogen and oxygen atoms in total. The Kier molecular flexibility index (Phi) is 5.41. The van der Waals surface area contributed by atoms with Crippen LogP contribution in [0.1, 0.15) is 52.0 Å². The number of rotatable bonds is 3. The lowest BCUT2D eigenvalue weighted by molar-refractivity contribution is 0.345. The number of methoxy groups -OCH3 is 1. The van der Waals surface area contributed by atoms with E-state index in [-0.39, 0.29) is 11.6 Å². The summed E-state index contributed by atoms with van der Waals surface area (Å²) in [5.41, 5.74) is 2.46. The van der Waals surface area contributed by atoms with Crippen molar-refractivity contribution in [3.8, 4) is 0 Å². The summed E-state index contributed by atoms with van der Waals surface area (Å²) in [5.74, 6) is 1.14. The Hall–Kier alpha value is -1.61. The Morgan fingerprint density at radius 3 is 2.45 bits per heavy atom. The lowest BCUT2D eigenvalue weighted by atomic mass is 9.87. The normalized spacial score (nSPS) is 22.6. The first kappa shape index (κ1) is 16.8. The molecule has 2 atom stereocenters. The van der Waals surface area contributed by atoms with Gasteiger partial charge in [0.2, 0.25) is 0 Å². The summed E-state index contributed by atoms with van der Waals surface area (Å²) in [5, 5.41) is 3.75. The summed E-state index contributed by atoms with van der Waals surface area (Å²) in [7, 11) is 1.71. The second kappa shape index (κ2) is 7.10. The molecule has 0 aliphatic carbocycles. The quantitative estimate of drug-likeness (QED) is 0.904. The van der Waals surface area contributed by atoms with Crippen LogP contribution in [0.2, 0.25) is 0 Å². The van der Waals surface area contributed by atoms with Crippen LogP contribution in [-0.4, -0.2) is 24.6 Å². The van der Waals surface area contributed by atoms with E-state index in [4.69, 9.17) is 4.74 Å². The van der Waals surface area contributed by atoms with Crippen molar-refractivity contribution < 1.29 is 4.74 Å². The molecule has 1 N–H and O–H groups in total. The molecular formula is C19H28N2O. The van der Waals surface area contributed by atoms with Crippen molar-refractivity contribution in [2.24, 2.45) is 4.99 Å². The van der Waals surface area contributed by atoms with E-state index >= 15 is 0 Å². The van der Waals surface area contributed by atoms with Gasteiger partial charge in [0.15, 0.2) is 5.90 Å². The largest absolute Gasteiger partial charge is 0.484 e. The minimum atomic E-state index is 0.0463. The van der Waals surface area contributed by atoms with E-state index in [1.54, 1.807) is 7.11 Å². The van der Waals surface area contributed by atoms with Gasteiger partial charge in [0.1, 0.15) is 0 Å². The highest BCUT2D eigenvalue weighted by Gasteiger charge is 2.29. The van der Waals surface area contributed by atoms with E-state index in [0.29, 0.717) is 5.92 Å². The first-order valence-corrected chi connectivity index (χ1v) is 8.08. The minimum Gasteiger partial charge on any atom is -0.484 e. The average Bonchev–Trinajstić information content (AvgIpc) is 2.65. The number of hydrogen-bond acceptors (Lipinski definition) is 3. The Morgan fingerprint density at radius 1 is 1.23 bits per heavy atom. The van der Waals surface area contributed by atoms with Crippen LogP contribution in [0.15, 0.2) is 47.1 Å². The van der Waals surface area contributed by atoms with E-state index in [9.17, 15) is 0 Å². The molecule has 120 valence electrons. The molecule has 0 amide bonds. The van der Waals surface area contributed by atoms with Crippen LogP contribution < -0.4 is 5.32 Å². The Bertz CT molecular complexity index is 540. The number of hydrogen-bond donors (Lipinski definition) is 1. The molecule has 0 fully saturated rings. The van der Waals surface area contributed by atoms with E-state index in [2.05, 4.69) is 74.4 Å². The van der Waals surface area contributed by atoms with Gasteiger partial charge in [-0.15, -0.1) is 0 Å². The number of ether oxygens (including phenoxy) is 1. The van der Waals surface area contributed by atoms with Gasteiger partial charge >= 0.3 is 0 Å². The second-order valence-corrected chi connectivity index (χ2v) is 6.86. The highest BCUT2D eigenvalue weighted by molar-refractivity contribution is 5.78. The number of nitrogens with zero attached hydrogens (tertiary/aromatic N) is 1. The van der Waals surface area contributed by atoms with Crippen LogP contribution in [0.25, 0.3) is 0 Å². The SMILES string of the molecule is CCC1=C[C@H](NC(C)(C)C)[C@@H](c2ccccc2)CC(OC)=N1. The average molecular weight is 300 g/mol. The predicted octanol–water partition coefficient (Wildman–Crippen LogP) is 4.27. The Morgan fingerprint density at radius 2 is 1.91 bits per heavy atom. The minimum absolute atomic E-state index is 0.0463. The van der Waals surface area contributed by atoms with Gasteiger partial charge in [0, 0.05) is 29.6 Å². The van der Waals surface area contributed by atoms with Crippen molar-refractivity contribution in [3.63, 3.8) is 0 Å². The Labute approximate surface area is 134 Å². The Balaban J connectivity index is 2.40. The van der Waals surface area contributed by atoms with Crippen molar-refractivity contribution in [2.45, 2.75) is 58.0 Å². The van der Waals surface area contributed by atoms with Crippen molar-refractivity contribution in [1.29, 1.82) is 0 Å². The summed E-state index contributed by atoms with van der Waals surface area (Å²) in [6, 6.07) is 10.9. The van der Waals surface area contributed by atoms with Crippen LogP contribution in [0.5, 0.6) is 0 Å². The molecule has 0 aromatic heterocycles. The predicted molar refractivity (Wildman–Crippen MR) is 93.3 cm³/mol. The smallest absolute Gasteiger partial charge is 0.188 e. The summed E-state index contributed by atoms with van der Waals surface area (Å²) in [6.07, 6.45) is 4.00. The zero-order valence-electron chi connectivity index (χ0n) is 14.4. The van der Waals surface area contributed by atoms with Gasteiger partial charge < -0.3 is 10.1 Å². The molecule has 2 rings (SSSR count). The molecule has 0 unspecified atom stereocenters. The van der Waals surface area contributed by atoms with Gasteiger partial charge in [-0.2, -0.15) is 0 Å². The van der Waals surface area contributed by atoms with E-state index < -0.39 is 0 Å². The molecule has 0 radical (unpaired) electrons. The van der Waals surface area contributed by atoms with Gasteiger partial charge in [-0.25, -0.2) is 4.99 Å². The third-order valence-corrected chi connectivity index (χ3v) is 3.89. The first-order valence-electron chi connectivity index (χ1n) is 8.08. The highest BCUT2D eigenvalue weighted by Crippen LogP contribution is 2.30. The van der Waals surface area contributed by atoms with Crippen LogP contribution in [-0.2, 0) is 4.74 Å². The summed E-state index contributed by atoms with van der Waals surface area (Å²) in [6.45, 7) is 8.76. The van der Waals surface area contributed by atoms with Crippen molar-refractivity contribution in [3.05, 3.63) is 47.7 Å². The summed E-state index contributed by atoms with van der Waals surface area (Å²) in [4.78, 5) is 4.68. The van der Waals surface area contributed by atoms with Crippen molar-refractivity contribution >= 4 is 5.90 Å². The van der Waals surface area contributed by atoms with Gasteiger partial charge in [-0.05, 0) is 38.8 Å². The maximum Gasteiger partial charge on any atom is 0.188 e. The van der Waals surface area contributed by atoms with Gasteiger partial charge in [0.05, 0.1) is 7.11 Å². The topological polar surface area (TPSA) is 33.6 Å². The molecule has 1 aromatic carbocycles. The van der Waals surface area contributed by atoms with E-state index in [1.807, 2.05) is 0 Å². The lowest BCUT2D eigenvalue weighted by Crippen LogP contribution is -2.45. The maximum absolute atomic E-state index is 5.51. The second-order valence-electron chi connectivity index (χ2n) is 6.86. The van der Waals surface area contributed by atoms with Gasteiger partial charge in [0.25, 0.3) is 0 Å². The molecule has 22 heavy (non-hydrogen) atoms. The van der Waals surface area contributed by atoms with E-state index in [0.717, 1.165) is 24.4 Å². The molecular weight excluding hydrogens is 272 g/mol. The standard InChI is InChI=1S/C19H28N2O/c1-6-15-12-17(21-19(2,3)4)16(13-18(20-15)22-5)14-10-8-7-9-11-14/h7-12,16-17,21H,6,13H2,1-5H3/t16-,17+/m1/s1. The zero-order chi connectivity index (χ0) is 16.2. The molecule has 1 aromatic rings.